The number of nitrogens with zero attached hydrogens (tertiary/aromatic N) is 2. The summed E-state index contributed by atoms with van der Waals surface area (Å²) >= 11 is 0. The number of nitrogens with two attached hydrogens (primary N) is 1. The minimum atomic E-state index is -0.162. The van der Waals surface area contributed by atoms with E-state index in [9.17, 15) is 9.59 Å². The molecule has 5 nitrogen and oxygen atoms in total. The Labute approximate surface area is 123 Å². The number of benzene rings is 1. The van der Waals surface area contributed by atoms with Gasteiger partial charge in [-0.05, 0) is 37.8 Å². The predicted octanol–water partition coefficient (Wildman–Crippen LogP) is 1.19. The third-order valence-corrected chi connectivity index (χ3v) is 5.10. The van der Waals surface area contributed by atoms with Crippen LogP contribution < -0.4 is 5.73 Å². The van der Waals surface area contributed by atoms with E-state index in [2.05, 4.69) is 4.90 Å². The molecule has 2 saturated heterocycles. The summed E-state index contributed by atoms with van der Waals surface area (Å²) in [5, 5.41) is 0. The average molecular weight is 285 g/mol. The molecule has 0 aliphatic carbocycles. The van der Waals surface area contributed by atoms with Gasteiger partial charge in [0.05, 0.1) is 17.8 Å². The van der Waals surface area contributed by atoms with Gasteiger partial charge in [-0.1, -0.05) is 12.1 Å². The number of carbonyl (C=O) groups is 2. The van der Waals surface area contributed by atoms with Crippen LogP contribution in [0, 0.1) is 0 Å². The third-order valence-electron chi connectivity index (χ3n) is 5.10. The number of hydrogen-bond acceptors (Lipinski definition) is 4. The molecule has 4 rings (SSSR count). The smallest absolute Gasteiger partial charge is 0.262 e. The molecule has 2 unspecified atom stereocenters. The molecule has 2 N–H and O–H groups in total. The topological polar surface area (TPSA) is 66.6 Å². The number of fused-ring (bicyclic) bond motifs is 3. The molecule has 0 spiro atoms. The van der Waals surface area contributed by atoms with Crippen LogP contribution in [-0.2, 0) is 0 Å². The Hall–Kier alpha value is -1.72. The molecule has 3 aliphatic heterocycles. The van der Waals surface area contributed by atoms with Gasteiger partial charge in [-0.2, -0.15) is 0 Å². The molecule has 2 fully saturated rings. The van der Waals surface area contributed by atoms with E-state index < -0.39 is 0 Å². The monoisotopic (exact) mass is 285 g/mol. The van der Waals surface area contributed by atoms with Crippen molar-refractivity contribution in [3.05, 3.63) is 35.4 Å². The summed E-state index contributed by atoms with van der Waals surface area (Å²) < 4.78 is 0. The summed E-state index contributed by atoms with van der Waals surface area (Å²) in [6.45, 7) is 0.411. The maximum Gasteiger partial charge on any atom is 0.262 e. The van der Waals surface area contributed by atoms with Crippen LogP contribution in [0.15, 0.2) is 24.3 Å². The molecular weight excluding hydrogens is 266 g/mol. The lowest BCUT2D eigenvalue weighted by atomic mass is 9.99. The third kappa shape index (κ3) is 1.92. The lowest BCUT2D eigenvalue weighted by molar-refractivity contribution is 0.0382. The molecule has 5 heteroatoms. The number of carbonyl (C=O) groups excluding carboxylic acids is 2. The highest BCUT2D eigenvalue weighted by atomic mass is 16.2. The van der Waals surface area contributed by atoms with Crippen molar-refractivity contribution < 1.29 is 9.59 Å². The first-order valence-corrected chi connectivity index (χ1v) is 7.61. The van der Waals surface area contributed by atoms with Crippen LogP contribution in [0.25, 0.3) is 0 Å². The highest BCUT2D eigenvalue weighted by Gasteiger charge is 2.43. The van der Waals surface area contributed by atoms with Crippen molar-refractivity contribution in [3.63, 3.8) is 0 Å². The Balaban J connectivity index is 1.57. The molecule has 2 bridgehead atoms. The molecule has 3 aliphatic rings. The zero-order chi connectivity index (χ0) is 14.6. The highest BCUT2D eigenvalue weighted by molar-refractivity contribution is 6.21. The normalized spacial score (nSPS) is 31.9. The summed E-state index contributed by atoms with van der Waals surface area (Å²) in [5.74, 6) is -0.324. The summed E-state index contributed by atoms with van der Waals surface area (Å²) in [5.41, 5.74) is 7.14. The van der Waals surface area contributed by atoms with Crippen molar-refractivity contribution in [3.8, 4) is 0 Å². The Kier molecular flexibility index (Phi) is 2.87. The lowest BCUT2D eigenvalue weighted by Gasteiger charge is -2.39. The summed E-state index contributed by atoms with van der Waals surface area (Å²) in [7, 11) is 0. The Morgan fingerprint density at radius 2 is 1.52 bits per heavy atom. The Bertz CT molecular complexity index is 566. The van der Waals surface area contributed by atoms with Gasteiger partial charge in [-0.3, -0.25) is 19.4 Å². The molecule has 1 aromatic rings. The van der Waals surface area contributed by atoms with Crippen LogP contribution in [0.4, 0.5) is 0 Å². The van der Waals surface area contributed by atoms with Gasteiger partial charge >= 0.3 is 0 Å². The fourth-order valence-electron chi connectivity index (χ4n) is 4.08. The molecule has 0 aromatic heterocycles. The minimum absolute atomic E-state index is 0.162. The molecular formula is C16H19N3O2. The number of rotatable bonds is 2. The quantitative estimate of drug-likeness (QED) is 0.829. The maximum absolute atomic E-state index is 12.4. The van der Waals surface area contributed by atoms with E-state index in [4.69, 9.17) is 5.73 Å². The van der Waals surface area contributed by atoms with Gasteiger partial charge in [0.2, 0.25) is 0 Å². The van der Waals surface area contributed by atoms with Gasteiger partial charge in [0.15, 0.2) is 0 Å². The Morgan fingerprint density at radius 3 is 2.05 bits per heavy atom. The van der Waals surface area contributed by atoms with Crippen molar-refractivity contribution >= 4 is 11.8 Å². The number of amides is 2. The second kappa shape index (κ2) is 4.64. The van der Waals surface area contributed by atoms with Gasteiger partial charge in [0, 0.05) is 18.1 Å². The number of imide groups is 1. The first-order chi connectivity index (χ1) is 10.1. The zero-order valence-electron chi connectivity index (χ0n) is 11.9. The fourth-order valence-corrected chi connectivity index (χ4v) is 4.08. The number of piperidine rings is 1. The first kappa shape index (κ1) is 13.0. The van der Waals surface area contributed by atoms with Crippen molar-refractivity contribution in [2.75, 3.05) is 6.67 Å². The van der Waals surface area contributed by atoms with E-state index in [-0.39, 0.29) is 17.9 Å². The molecule has 0 radical (unpaired) electrons. The van der Waals surface area contributed by atoms with Gasteiger partial charge in [-0.15, -0.1) is 0 Å². The van der Waals surface area contributed by atoms with Crippen LogP contribution in [0.5, 0.6) is 0 Å². The molecule has 0 saturated carbocycles. The van der Waals surface area contributed by atoms with Crippen LogP contribution in [0.3, 0.4) is 0 Å². The fraction of sp³-hybridized carbons (Fsp3) is 0.500. The lowest BCUT2D eigenvalue weighted by Crippen LogP contribution is -2.52. The van der Waals surface area contributed by atoms with Gasteiger partial charge in [-0.25, -0.2) is 0 Å². The van der Waals surface area contributed by atoms with E-state index >= 15 is 0 Å². The maximum atomic E-state index is 12.4. The highest BCUT2D eigenvalue weighted by Crippen LogP contribution is 2.36. The van der Waals surface area contributed by atoms with E-state index in [0.717, 1.165) is 25.7 Å². The van der Waals surface area contributed by atoms with Crippen molar-refractivity contribution in [1.82, 2.24) is 9.80 Å². The minimum Gasteiger partial charge on any atom is -0.328 e. The predicted molar refractivity (Wildman–Crippen MR) is 77.7 cm³/mol. The van der Waals surface area contributed by atoms with Crippen molar-refractivity contribution in [2.24, 2.45) is 5.73 Å². The number of hydrogen-bond donors (Lipinski definition) is 1. The first-order valence-electron chi connectivity index (χ1n) is 7.61. The molecule has 3 heterocycles. The van der Waals surface area contributed by atoms with Crippen LogP contribution >= 0.6 is 0 Å². The van der Waals surface area contributed by atoms with Gasteiger partial charge in [0.25, 0.3) is 11.8 Å². The van der Waals surface area contributed by atoms with Crippen LogP contribution in [0.2, 0.25) is 0 Å². The summed E-state index contributed by atoms with van der Waals surface area (Å²) in [6, 6.07) is 8.17. The van der Waals surface area contributed by atoms with Gasteiger partial charge < -0.3 is 5.73 Å². The average Bonchev–Trinajstić information content (AvgIpc) is 2.86. The van der Waals surface area contributed by atoms with E-state index in [1.165, 1.54) is 4.90 Å². The molecule has 2 amide bonds. The van der Waals surface area contributed by atoms with E-state index in [0.29, 0.717) is 29.9 Å². The second-order valence-electron chi connectivity index (χ2n) is 6.36. The van der Waals surface area contributed by atoms with Crippen LogP contribution in [0.1, 0.15) is 46.4 Å². The van der Waals surface area contributed by atoms with Gasteiger partial charge in [0.1, 0.15) is 0 Å². The molecule has 110 valence electrons. The van der Waals surface area contributed by atoms with E-state index in [1.54, 1.807) is 24.3 Å². The molecule has 2 atom stereocenters. The SMILES string of the molecule is NC1CC2CCC(C1)N2CN1C(=O)c2ccccc2C1=O. The van der Waals surface area contributed by atoms with Crippen molar-refractivity contribution in [2.45, 2.75) is 43.8 Å². The second-order valence-corrected chi connectivity index (χ2v) is 6.36. The Morgan fingerprint density at radius 1 is 1.00 bits per heavy atom. The summed E-state index contributed by atoms with van der Waals surface area (Å²) in [4.78, 5) is 28.6. The molecule has 21 heavy (non-hydrogen) atoms. The largest absolute Gasteiger partial charge is 0.328 e. The molecule has 1 aromatic carbocycles. The standard InChI is InChI=1S/C16H19N3O2/c17-10-7-11-5-6-12(8-10)18(11)9-19-15(20)13-3-1-2-4-14(13)16(19)21/h1-4,10-12H,5-9,17H2. The van der Waals surface area contributed by atoms with Crippen molar-refractivity contribution in [1.29, 1.82) is 0 Å². The summed E-state index contributed by atoms with van der Waals surface area (Å²) in [6.07, 6.45) is 4.20. The van der Waals surface area contributed by atoms with E-state index in [1.807, 2.05) is 0 Å². The zero-order valence-corrected chi connectivity index (χ0v) is 11.9. The van der Waals surface area contributed by atoms with Crippen LogP contribution in [-0.4, -0.2) is 46.4 Å².